The predicted molar refractivity (Wildman–Crippen MR) is 72.9 cm³/mol. The summed E-state index contributed by atoms with van der Waals surface area (Å²) in [6, 6.07) is 0. The highest BCUT2D eigenvalue weighted by Gasteiger charge is 2.41. The number of nitrogens with zero attached hydrogens (tertiary/aromatic N) is 2. The molecule has 1 amide bonds. The summed E-state index contributed by atoms with van der Waals surface area (Å²) in [5.74, 6) is 0.584. The van der Waals surface area contributed by atoms with E-state index in [0.29, 0.717) is 5.92 Å². The number of aromatic nitrogens is 2. The molecule has 0 aromatic carbocycles. The van der Waals surface area contributed by atoms with Crippen LogP contribution in [0.2, 0.25) is 0 Å². The van der Waals surface area contributed by atoms with Gasteiger partial charge in [-0.3, -0.25) is 9.48 Å². The Morgan fingerprint density at radius 2 is 2.37 bits per heavy atom. The normalized spacial score (nSPS) is 17.8. The molecule has 1 aliphatic rings. The van der Waals surface area contributed by atoms with Crippen molar-refractivity contribution in [2.75, 3.05) is 26.0 Å². The van der Waals surface area contributed by atoms with Crippen LogP contribution in [0.15, 0.2) is 12.4 Å². The molecule has 19 heavy (non-hydrogen) atoms. The van der Waals surface area contributed by atoms with Crippen molar-refractivity contribution in [1.82, 2.24) is 15.1 Å². The van der Waals surface area contributed by atoms with Crippen LogP contribution in [0, 0.1) is 5.92 Å². The summed E-state index contributed by atoms with van der Waals surface area (Å²) < 4.78 is 7.23. The second-order valence-corrected chi connectivity index (χ2v) is 5.24. The molecule has 6 heteroatoms. The zero-order chi connectivity index (χ0) is 13.9. The molecule has 106 valence electrons. The van der Waals surface area contributed by atoms with Crippen LogP contribution >= 0.6 is 0 Å². The molecule has 2 rings (SSSR count). The van der Waals surface area contributed by atoms with Gasteiger partial charge in [0, 0.05) is 26.9 Å². The van der Waals surface area contributed by atoms with Gasteiger partial charge < -0.3 is 15.4 Å². The van der Waals surface area contributed by atoms with Crippen molar-refractivity contribution < 1.29 is 9.53 Å². The summed E-state index contributed by atoms with van der Waals surface area (Å²) in [5.41, 5.74) is 0.788. The molecule has 0 unspecified atom stereocenters. The molecule has 6 nitrogen and oxygen atoms in total. The lowest BCUT2D eigenvalue weighted by Crippen LogP contribution is -2.38. The molecule has 1 atom stereocenters. The fourth-order valence-corrected chi connectivity index (χ4v) is 2.12. The minimum absolute atomic E-state index is 0.0608. The minimum Gasteiger partial charge on any atom is -0.380 e. The maximum Gasteiger partial charge on any atom is 0.241 e. The van der Waals surface area contributed by atoms with Gasteiger partial charge in [0.15, 0.2) is 0 Å². The Balaban J connectivity index is 1.87. The summed E-state index contributed by atoms with van der Waals surface area (Å²) in [4.78, 5) is 11.2. The van der Waals surface area contributed by atoms with Gasteiger partial charge in [0.2, 0.25) is 5.91 Å². The summed E-state index contributed by atoms with van der Waals surface area (Å²) in [7, 11) is 3.37. The molecule has 0 aliphatic heterocycles. The van der Waals surface area contributed by atoms with Gasteiger partial charge in [-0.05, 0) is 25.7 Å². The van der Waals surface area contributed by atoms with Gasteiger partial charge in [0.05, 0.1) is 17.5 Å². The molecule has 0 radical (unpaired) electrons. The smallest absolute Gasteiger partial charge is 0.241 e. The van der Waals surface area contributed by atoms with Crippen LogP contribution in [0.1, 0.15) is 19.8 Å². The predicted octanol–water partition coefficient (Wildman–Crippen LogP) is 0.856. The van der Waals surface area contributed by atoms with E-state index in [9.17, 15) is 4.79 Å². The number of methoxy groups -OCH3 is 1. The lowest BCUT2D eigenvalue weighted by atomic mass is 10.0. The molecular formula is C13H22N4O2. The first kappa shape index (κ1) is 13.9. The number of nitrogens with one attached hydrogen (secondary N) is 2. The number of carbonyl (C=O) groups is 1. The van der Waals surface area contributed by atoms with Crippen LogP contribution in [0.3, 0.4) is 0 Å². The van der Waals surface area contributed by atoms with E-state index in [1.807, 2.05) is 6.20 Å². The first-order chi connectivity index (χ1) is 9.07. The van der Waals surface area contributed by atoms with Crippen molar-refractivity contribution in [2.24, 2.45) is 5.92 Å². The van der Waals surface area contributed by atoms with E-state index in [1.54, 1.807) is 25.0 Å². The molecule has 2 N–H and O–H groups in total. The third-order valence-electron chi connectivity index (χ3n) is 3.77. The molecule has 1 saturated carbocycles. The Bertz CT molecular complexity index is 442. The monoisotopic (exact) mass is 266 g/mol. The van der Waals surface area contributed by atoms with Crippen molar-refractivity contribution in [2.45, 2.75) is 31.9 Å². The zero-order valence-corrected chi connectivity index (χ0v) is 11.8. The standard InChI is InChI=1S/C13H22N4O2/c1-13(19-3,10-4-5-10)9-15-11-6-16-17(7-11)8-12(18)14-2/h6-7,10,15H,4-5,8-9H2,1-3H3,(H,14,18)/t13-/m0/s1. The topological polar surface area (TPSA) is 68.2 Å². The van der Waals surface area contributed by atoms with Crippen LogP contribution < -0.4 is 10.6 Å². The van der Waals surface area contributed by atoms with Gasteiger partial charge in [0.1, 0.15) is 6.54 Å². The number of hydrogen-bond donors (Lipinski definition) is 2. The Labute approximate surface area is 113 Å². The van der Waals surface area contributed by atoms with Crippen LogP contribution in [0.5, 0.6) is 0 Å². The van der Waals surface area contributed by atoms with Crippen LogP contribution in [-0.2, 0) is 16.1 Å². The highest BCUT2D eigenvalue weighted by atomic mass is 16.5. The number of anilines is 1. The van der Waals surface area contributed by atoms with Gasteiger partial charge >= 0.3 is 0 Å². The molecular weight excluding hydrogens is 244 g/mol. The van der Waals surface area contributed by atoms with Gasteiger partial charge in [-0.2, -0.15) is 5.10 Å². The lowest BCUT2D eigenvalue weighted by Gasteiger charge is -2.28. The molecule has 1 fully saturated rings. The summed E-state index contributed by atoms with van der Waals surface area (Å²) in [6.07, 6.45) is 6.04. The molecule has 1 aromatic rings. The minimum atomic E-state index is -0.122. The van der Waals surface area contributed by atoms with Crippen molar-refractivity contribution in [3.63, 3.8) is 0 Å². The number of ether oxygens (including phenoxy) is 1. The highest BCUT2D eigenvalue weighted by Crippen LogP contribution is 2.41. The van der Waals surface area contributed by atoms with Gasteiger partial charge in [0.25, 0.3) is 0 Å². The van der Waals surface area contributed by atoms with E-state index in [4.69, 9.17) is 4.74 Å². The van der Waals surface area contributed by atoms with Crippen molar-refractivity contribution in [3.05, 3.63) is 12.4 Å². The van der Waals surface area contributed by atoms with E-state index in [1.165, 1.54) is 12.8 Å². The molecule has 1 aromatic heterocycles. The maximum absolute atomic E-state index is 11.2. The first-order valence-corrected chi connectivity index (χ1v) is 6.59. The fraction of sp³-hybridized carbons (Fsp3) is 0.692. The van der Waals surface area contributed by atoms with Crippen LogP contribution in [0.4, 0.5) is 5.69 Å². The van der Waals surface area contributed by atoms with Gasteiger partial charge in [-0.1, -0.05) is 0 Å². The average Bonchev–Trinajstić information content (AvgIpc) is 3.18. The Morgan fingerprint density at radius 3 is 2.95 bits per heavy atom. The second kappa shape index (κ2) is 5.61. The molecule has 1 aliphatic carbocycles. The Morgan fingerprint density at radius 1 is 1.63 bits per heavy atom. The Hall–Kier alpha value is -1.56. The first-order valence-electron chi connectivity index (χ1n) is 6.59. The summed E-state index contributed by atoms with van der Waals surface area (Å²) in [6.45, 7) is 3.12. The Kier molecular flexibility index (Phi) is 4.09. The van der Waals surface area contributed by atoms with Crippen LogP contribution in [-0.4, -0.2) is 42.0 Å². The fourth-order valence-electron chi connectivity index (χ4n) is 2.12. The number of rotatable bonds is 7. The second-order valence-electron chi connectivity index (χ2n) is 5.24. The van der Waals surface area contributed by atoms with E-state index in [0.717, 1.165) is 12.2 Å². The third-order valence-corrected chi connectivity index (χ3v) is 3.77. The number of hydrogen-bond acceptors (Lipinski definition) is 4. The number of likely N-dealkylation sites (N-methyl/N-ethyl adjacent to an activating group) is 1. The van der Waals surface area contributed by atoms with E-state index in [-0.39, 0.29) is 18.1 Å². The maximum atomic E-state index is 11.2. The summed E-state index contributed by atoms with van der Waals surface area (Å²) >= 11 is 0. The third kappa shape index (κ3) is 3.47. The highest BCUT2D eigenvalue weighted by molar-refractivity contribution is 5.75. The van der Waals surface area contributed by atoms with Crippen molar-refractivity contribution in [1.29, 1.82) is 0 Å². The van der Waals surface area contributed by atoms with E-state index < -0.39 is 0 Å². The molecule has 0 spiro atoms. The largest absolute Gasteiger partial charge is 0.380 e. The average molecular weight is 266 g/mol. The van der Waals surface area contributed by atoms with Crippen LogP contribution in [0.25, 0.3) is 0 Å². The lowest BCUT2D eigenvalue weighted by molar-refractivity contribution is -0.121. The number of amides is 1. The van der Waals surface area contributed by atoms with Gasteiger partial charge in [-0.25, -0.2) is 0 Å². The van der Waals surface area contributed by atoms with E-state index in [2.05, 4.69) is 22.7 Å². The molecule has 0 bridgehead atoms. The molecule has 1 heterocycles. The quantitative estimate of drug-likeness (QED) is 0.768. The van der Waals surface area contributed by atoms with Gasteiger partial charge in [-0.15, -0.1) is 0 Å². The molecule has 0 saturated heterocycles. The van der Waals surface area contributed by atoms with E-state index >= 15 is 0 Å². The van der Waals surface area contributed by atoms with Crippen molar-refractivity contribution >= 4 is 11.6 Å². The summed E-state index contributed by atoms with van der Waals surface area (Å²) in [5, 5.41) is 10.0. The SMILES string of the molecule is CNC(=O)Cn1cc(NC[C@](C)(OC)C2CC2)cn1. The van der Waals surface area contributed by atoms with Crippen molar-refractivity contribution in [3.8, 4) is 0 Å². The number of carbonyl (C=O) groups excluding carboxylic acids is 1. The zero-order valence-electron chi connectivity index (χ0n) is 11.8.